The highest BCUT2D eigenvalue weighted by atomic mass is 19.1. The highest BCUT2D eigenvalue weighted by Gasteiger charge is 2.19. The number of esters is 1. The SMILES string of the molecule is CC(C)(C)OC(=O)CCN1CCCN(c2ccc(F)cc2)CC1. The van der Waals surface area contributed by atoms with Gasteiger partial charge in [0.1, 0.15) is 11.4 Å². The molecule has 0 spiro atoms. The van der Waals surface area contributed by atoms with E-state index in [0.29, 0.717) is 6.42 Å². The maximum Gasteiger partial charge on any atom is 0.307 e. The zero-order chi connectivity index (χ0) is 16.9. The van der Waals surface area contributed by atoms with Gasteiger partial charge >= 0.3 is 5.97 Å². The molecule has 0 aliphatic carbocycles. The molecule has 0 aromatic heterocycles. The molecular weight excluding hydrogens is 295 g/mol. The van der Waals surface area contributed by atoms with Gasteiger partial charge in [0.25, 0.3) is 0 Å². The molecule has 0 N–H and O–H groups in total. The number of nitrogens with zero attached hydrogens (tertiary/aromatic N) is 2. The zero-order valence-electron chi connectivity index (χ0n) is 14.3. The normalized spacial score (nSPS) is 17.0. The molecule has 0 amide bonds. The Hall–Kier alpha value is -1.62. The highest BCUT2D eigenvalue weighted by Crippen LogP contribution is 2.17. The number of anilines is 1. The summed E-state index contributed by atoms with van der Waals surface area (Å²) in [5, 5.41) is 0. The molecule has 0 radical (unpaired) electrons. The van der Waals surface area contributed by atoms with Gasteiger partial charge in [-0.3, -0.25) is 4.79 Å². The van der Waals surface area contributed by atoms with Crippen molar-refractivity contribution < 1.29 is 13.9 Å². The third kappa shape index (κ3) is 6.18. The lowest BCUT2D eigenvalue weighted by Crippen LogP contribution is -2.33. The lowest BCUT2D eigenvalue weighted by molar-refractivity contribution is -0.155. The summed E-state index contributed by atoms with van der Waals surface area (Å²) < 4.78 is 18.4. The molecular formula is C18H27FN2O2. The minimum Gasteiger partial charge on any atom is -0.460 e. The predicted molar refractivity (Wildman–Crippen MR) is 90.1 cm³/mol. The van der Waals surface area contributed by atoms with Crippen molar-refractivity contribution >= 4 is 11.7 Å². The summed E-state index contributed by atoms with van der Waals surface area (Å²) in [6, 6.07) is 6.65. The molecule has 1 fully saturated rings. The zero-order valence-corrected chi connectivity index (χ0v) is 14.3. The summed E-state index contributed by atoms with van der Waals surface area (Å²) >= 11 is 0. The topological polar surface area (TPSA) is 32.8 Å². The summed E-state index contributed by atoms with van der Waals surface area (Å²) in [6.45, 7) is 10.1. The van der Waals surface area contributed by atoms with Crippen molar-refractivity contribution in [3.8, 4) is 0 Å². The Morgan fingerprint density at radius 3 is 2.48 bits per heavy atom. The standard InChI is InChI=1S/C18H27FN2O2/c1-18(2,3)23-17(22)9-12-20-10-4-11-21(14-13-20)16-7-5-15(19)6-8-16/h5-8H,4,9-14H2,1-3H3. The number of carbonyl (C=O) groups is 1. The Balaban J connectivity index is 1.80. The number of benzene rings is 1. The van der Waals surface area contributed by atoms with Gasteiger partial charge in [0.05, 0.1) is 6.42 Å². The molecule has 1 saturated heterocycles. The van der Waals surface area contributed by atoms with E-state index in [1.807, 2.05) is 32.9 Å². The quantitative estimate of drug-likeness (QED) is 0.798. The fraction of sp³-hybridized carbons (Fsp3) is 0.611. The molecule has 0 unspecified atom stereocenters. The first-order valence-corrected chi connectivity index (χ1v) is 8.28. The summed E-state index contributed by atoms with van der Waals surface area (Å²) in [4.78, 5) is 16.4. The third-order valence-electron chi connectivity index (χ3n) is 3.83. The largest absolute Gasteiger partial charge is 0.460 e. The predicted octanol–water partition coefficient (Wildman–Crippen LogP) is 3.07. The van der Waals surface area contributed by atoms with E-state index in [0.717, 1.165) is 44.8 Å². The fourth-order valence-electron chi connectivity index (χ4n) is 2.75. The summed E-state index contributed by atoms with van der Waals surface area (Å²) in [7, 11) is 0. The van der Waals surface area contributed by atoms with Crippen LogP contribution in [-0.2, 0) is 9.53 Å². The molecule has 23 heavy (non-hydrogen) atoms. The van der Waals surface area contributed by atoms with E-state index < -0.39 is 5.60 Å². The van der Waals surface area contributed by atoms with Crippen molar-refractivity contribution in [2.45, 2.75) is 39.2 Å². The van der Waals surface area contributed by atoms with Crippen LogP contribution in [0.5, 0.6) is 0 Å². The minimum absolute atomic E-state index is 0.142. The second-order valence-electron chi connectivity index (χ2n) is 7.00. The average molecular weight is 322 g/mol. The van der Waals surface area contributed by atoms with Crippen LogP contribution < -0.4 is 4.90 Å². The maximum absolute atomic E-state index is 13.0. The van der Waals surface area contributed by atoms with Crippen LogP contribution in [0.2, 0.25) is 0 Å². The number of halogens is 1. The van der Waals surface area contributed by atoms with Crippen LogP contribution >= 0.6 is 0 Å². The van der Waals surface area contributed by atoms with Gasteiger partial charge in [-0.2, -0.15) is 0 Å². The lowest BCUT2D eigenvalue weighted by atomic mass is 10.2. The Morgan fingerprint density at radius 1 is 1.13 bits per heavy atom. The Labute approximate surface area is 138 Å². The van der Waals surface area contributed by atoms with Gasteiger partial charge in [-0.1, -0.05) is 0 Å². The highest BCUT2D eigenvalue weighted by molar-refractivity contribution is 5.70. The van der Waals surface area contributed by atoms with Gasteiger partial charge in [0.15, 0.2) is 0 Å². The van der Waals surface area contributed by atoms with Crippen LogP contribution in [0, 0.1) is 5.82 Å². The van der Waals surface area contributed by atoms with Gasteiger partial charge in [-0.15, -0.1) is 0 Å². The maximum atomic E-state index is 13.0. The van der Waals surface area contributed by atoms with Gasteiger partial charge in [0.2, 0.25) is 0 Å². The molecule has 0 bridgehead atoms. The van der Waals surface area contributed by atoms with E-state index in [1.165, 1.54) is 12.1 Å². The molecule has 1 aromatic carbocycles. The van der Waals surface area contributed by atoms with Crippen LogP contribution in [0.15, 0.2) is 24.3 Å². The van der Waals surface area contributed by atoms with E-state index in [4.69, 9.17) is 4.74 Å². The molecule has 128 valence electrons. The van der Waals surface area contributed by atoms with E-state index in [-0.39, 0.29) is 11.8 Å². The van der Waals surface area contributed by atoms with Gasteiger partial charge in [-0.05, 0) is 58.0 Å². The van der Waals surface area contributed by atoms with Crippen molar-refractivity contribution in [2.75, 3.05) is 37.6 Å². The molecule has 5 heteroatoms. The van der Waals surface area contributed by atoms with Crippen LogP contribution in [-0.4, -0.2) is 49.2 Å². The van der Waals surface area contributed by atoms with E-state index in [9.17, 15) is 9.18 Å². The van der Waals surface area contributed by atoms with E-state index in [1.54, 1.807) is 0 Å². The fourth-order valence-corrected chi connectivity index (χ4v) is 2.75. The molecule has 1 heterocycles. The van der Waals surface area contributed by atoms with Crippen molar-refractivity contribution in [2.24, 2.45) is 0 Å². The molecule has 0 atom stereocenters. The molecule has 1 aliphatic rings. The lowest BCUT2D eigenvalue weighted by Gasteiger charge is -2.24. The number of ether oxygens (including phenoxy) is 1. The number of hydrogen-bond donors (Lipinski definition) is 0. The van der Waals surface area contributed by atoms with Gasteiger partial charge < -0.3 is 14.5 Å². The Kier molecular flexibility index (Phi) is 5.99. The molecule has 1 aliphatic heterocycles. The third-order valence-corrected chi connectivity index (χ3v) is 3.83. The summed E-state index contributed by atoms with van der Waals surface area (Å²) in [5.74, 6) is -0.348. The van der Waals surface area contributed by atoms with Crippen molar-refractivity contribution in [1.29, 1.82) is 0 Å². The van der Waals surface area contributed by atoms with Crippen LogP contribution in [0.25, 0.3) is 0 Å². The van der Waals surface area contributed by atoms with Crippen molar-refractivity contribution in [3.05, 3.63) is 30.1 Å². The summed E-state index contributed by atoms with van der Waals surface area (Å²) in [6.07, 6.45) is 1.46. The second kappa shape index (κ2) is 7.77. The number of rotatable bonds is 4. The van der Waals surface area contributed by atoms with Crippen LogP contribution in [0.3, 0.4) is 0 Å². The number of carbonyl (C=O) groups excluding carboxylic acids is 1. The summed E-state index contributed by atoms with van der Waals surface area (Å²) in [5.41, 5.74) is 0.635. The van der Waals surface area contributed by atoms with Crippen molar-refractivity contribution in [3.63, 3.8) is 0 Å². The Bertz CT molecular complexity index is 511. The first kappa shape index (κ1) is 17.7. The van der Waals surface area contributed by atoms with Gasteiger partial charge in [0, 0.05) is 31.9 Å². The molecule has 1 aromatic rings. The Morgan fingerprint density at radius 2 is 1.83 bits per heavy atom. The molecule has 2 rings (SSSR count). The van der Waals surface area contributed by atoms with Crippen LogP contribution in [0.4, 0.5) is 10.1 Å². The molecule has 0 saturated carbocycles. The first-order valence-electron chi connectivity index (χ1n) is 8.28. The minimum atomic E-state index is -0.421. The van der Waals surface area contributed by atoms with Crippen LogP contribution in [0.1, 0.15) is 33.6 Å². The van der Waals surface area contributed by atoms with Gasteiger partial charge in [-0.25, -0.2) is 4.39 Å². The molecule has 4 nitrogen and oxygen atoms in total. The first-order chi connectivity index (χ1) is 10.8. The monoisotopic (exact) mass is 322 g/mol. The second-order valence-corrected chi connectivity index (χ2v) is 7.00. The van der Waals surface area contributed by atoms with Crippen molar-refractivity contribution in [1.82, 2.24) is 4.90 Å². The average Bonchev–Trinajstić information content (AvgIpc) is 2.70. The smallest absolute Gasteiger partial charge is 0.307 e. The van der Waals surface area contributed by atoms with E-state index in [2.05, 4.69) is 9.80 Å². The van der Waals surface area contributed by atoms with E-state index >= 15 is 0 Å². The number of hydrogen-bond acceptors (Lipinski definition) is 4.